The number of amides is 1. The first-order chi connectivity index (χ1) is 10.5. The minimum absolute atomic E-state index is 0.105. The van der Waals surface area contributed by atoms with Gasteiger partial charge in [-0.2, -0.15) is 0 Å². The number of nitrogens with zero attached hydrogens (tertiary/aromatic N) is 2. The number of hydrogen-bond donors (Lipinski definition) is 2. The second-order valence-electron chi connectivity index (χ2n) is 5.00. The highest BCUT2D eigenvalue weighted by atomic mass is 16.4. The number of carbonyl (C=O) groups is 2. The number of nitrogens with one attached hydrogen (secondary N) is 1. The quantitative estimate of drug-likeness (QED) is 0.834. The van der Waals surface area contributed by atoms with E-state index in [0.717, 1.165) is 16.8 Å². The van der Waals surface area contributed by atoms with Gasteiger partial charge in [0.15, 0.2) is 0 Å². The zero-order valence-corrected chi connectivity index (χ0v) is 12.2. The van der Waals surface area contributed by atoms with E-state index in [2.05, 4.69) is 15.3 Å². The molecule has 2 heterocycles. The van der Waals surface area contributed by atoms with Gasteiger partial charge in [0.2, 0.25) is 5.91 Å². The van der Waals surface area contributed by atoms with Crippen LogP contribution in [0.15, 0.2) is 42.9 Å². The molecule has 6 heteroatoms. The molecule has 0 spiro atoms. The van der Waals surface area contributed by atoms with Gasteiger partial charge >= 0.3 is 5.97 Å². The van der Waals surface area contributed by atoms with Gasteiger partial charge in [-0.3, -0.25) is 14.8 Å². The van der Waals surface area contributed by atoms with Crippen LogP contribution >= 0.6 is 0 Å². The van der Waals surface area contributed by atoms with E-state index in [-0.39, 0.29) is 18.7 Å². The van der Waals surface area contributed by atoms with Crippen molar-refractivity contribution in [2.45, 2.75) is 25.8 Å². The Bertz CT molecular complexity index is 641. The summed E-state index contributed by atoms with van der Waals surface area (Å²) in [5, 5.41) is 11.8. The highest BCUT2D eigenvalue weighted by Crippen LogP contribution is 2.04. The van der Waals surface area contributed by atoms with E-state index < -0.39 is 12.0 Å². The predicted octanol–water partition coefficient (Wildman–Crippen LogP) is 1.14. The molecule has 22 heavy (non-hydrogen) atoms. The maximum Gasteiger partial charge on any atom is 0.326 e. The van der Waals surface area contributed by atoms with Crippen LogP contribution in [0.5, 0.6) is 0 Å². The average Bonchev–Trinajstić information content (AvgIpc) is 2.50. The molecule has 2 aromatic rings. The Morgan fingerprint density at radius 3 is 2.50 bits per heavy atom. The van der Waals surface area contributed by atoms with Crippen molar-refractivity contribution < 1.29 is 14.7 Å². The number of pyridine rings is 2. The summed E-state index contributed by atoms with van der Waals surface area (Å²) in [5.41, 5.74) is 2.42. The molecule has 1 unspecified atom stereocenters. The zero-order valence-electron chi connectivity index (χ0n) is 12.2. The Morgan fingerprint density at radius 2 is 1.91 bits per heavy atom. The van der Waals surface area contributed by atoms with E-state index in [1.54, 1.807) is 36.8 Å². The Balaban J connectivity index is 1.97. The van der Waals surface area contributed by atoms with Crippen LogP contribution < -0.4 is 5.32 Å². The summed E-state index contributed by atoms with van der Waals surface area (Å²) < 4.78 is 0. The Kier molecular flexibility index (Phi) is 5.19. The van der Waals surface area contributed by atoms with Crippen LogP contribution in [0.4, 0.5) is 0 Å². The Hall–Kier alpha value is -2.76. The van der Waals surface area contributed by atoms with Gasteiger partial charge in [-0.25, -0.2) is 4.79 Å². The standard InChI is InChI=1S/C16H17N3O3/c1-11-2-3-13(10-18-11)9-15(20)19-14(16(21)22)8-12-4-6-17-7-5-12/h2-7,10,14H,8-9H2,1H3,(H,19,20)(H,21,22). The maximum absolute atomic E-state index is 12.0. The van der Waals surface area contributed by atoms with Crippen LogP contribution in [0.3, 0.4) is 0 Å². The average molecular weight is 299 g/mol. The van der Waals surface area contributed by atoms with Gasteiger partial charge in [0, 0.05) is 30.7 Å². The molecule has 0 aliphatic carbocycles. The summed E-state index contributed by atoms with van der Waals surface area (Å²) in [4.78, 5) is 31.3. The summed E-state index contributed by atoms with van der Waals surface area (Å²) in [6.07, 6.45) is 5.12. The Labute approximate surface area is 128 Å². The number of rotatable bonds is 6. The fraction of sp³-hybridized carbons (Fsp3) is 0.250. The van der Waals surface area contributed by atoms with Gasteiger partial charge in [-0.05, 0) is 36.2 Å². The summed E-state index contributed by atoms with van der Waals surface area (Å²) >= 11 is 0. The van der Waals surface area contributed by atoms with E-state index >= 15 is 0 Å². The number of aromatic nitrogens is 2. The molecule has 0 fully saturated rings. The van der Waals surface area contributed by atoms with Crippen LogP contribution in [0, 0.1) is 6.92 Å². The van der Waals surface area contributed by atoms with E-state index in [1.165, 1.54) is 0 Å². The SMILES string of the molecule is Cc1ccc(CC(=O)NC(Cc2ccncc2)C(=O)O)cn1. The van der Waals surface area contributed by atoms with Crippen LogP contribution in [0.2, 0.25) is 0 Å². The van der Waals surface area contributed by atoms with E-state index in [4.69, 9.17) is 0 Å². The molecular formula is C16H17N3O3. The lowest BCUT2D eigenvalue weighted by atomic mass is 10.1. The lowest BCUT2D eigenvalue weighted by molar-refractivity contribution is -0.141. The molecule has 1 atom stereocenters. The molecule has 0 saturated carbocycles. The third kappa shape index (κ3) is 4.66. The molecule has 0 aliphatic heterocycles. The van der Waals surface area contributed by atoms with Crippen molar-refractivity contribution in [1.82, 2.24) is 15.3 Å². The van der Waals surface area contributed by atoms with Gasteiger partial charge in [-0.15, -0.1) is 0 Å². The minimum atomic E-state index is -1.06. The number of aryl methyl sites for hydroxylation is 1. The highest BCUT2D eigenvalue weighted by molar-refractivity contribution is 5.85. The molecule has 0 saturated heterocycles. The number of carbonyl (C=O) groups excluding carboxylic acids is 1. The lowest BCUT2D eigenvalue weighted by Gasteiger charge is -2.14. The monoisotopic (exact) mass is 299 g/mol. The third-order valence-corrected chi connectivity index (χ3v) is 3.16. The van der Waals surface area contributed by atoms with Crippen LogP contribution in [-0.4, -0.2) is 33.0 Å². The van der Waals surface area contributed by atoms with Gasteiger partial charge in [0.25, 0.3) is 0 Å². The molecular weight excluding hydrogens is 282 g/mol. The molecule has 6 nitrogen and oxygen atoms in total. The molecule has 0 aromatic carbocycles. The predicted molar refractivity (Wildman–Crippen MR) is 80.2 cm³/mol. The second-order valence-corrected chi connectivity index (χ2v) is 5.00. The van der Waals surface area contributed by atoms with Crippen molar-refractivity contribution in [3.63, 3.8) is 0 Å². The molecule has 2 aromatic heterocycles. The van der Waals surface area contributed by atoms with E-state index in [0.29, 0.717) is 0 Å². The largest absolute Gasteiger partial charge is 0.480 e. The number of carboxylic acid groups (broad SMARTS) is 1. The molecule has 114 valence electrons. The van der Waals surface area contributed by atoms with Gasteiger partial charge in [0.05, 0.1) is 6.42 Å². The van der Waals surface area contributed by atoms with Crippen LogP contribution in [0.1, 0.15) is 16.8 Å². The lowest BCUT2D eigenvalue weighted by Crippen LogP contribution is -2.43. The first-order valence-electron chi connectivity index (χ1n) is 6.87. The summed E-state index contributed by atoms with van der Waals surface area (Å²) in [7, 11) is 0. The zero-order chi connectivity index (χ0) is 15.9. The topological polar surface area (TPSA) is 92.2 Å². The fourth-order valence-electron chi connectivity index (χ4n) is 1.99. The smallest absolute Gasteiger partial charge is 0.326 e. The van der Waals surface area contributed by atoms with Crippen molar-refractivity contribution in [1.29, 1.82) is 0 Å². The molecule has 1 amide bonds. The summed E-state index contributed by atoms with van der Waals surface area (Å²) in [6, 6.07) is 6.11. The van der Waals surface area contributed by atoms with Crippen molar-refractivity contribution in [3.8, 4) is 0 Å². The first kappa shape index (κ1) is 15.6. The normalized spacial score (nSPS) is 11.7. The molecule has 0 aliphatic rings. The first-order valence-corrected chi connectivity index (χ1v) is 6.87. The fourth-order valence-corrected chi connectivity index (χ4v) is 1.99. The Morgan fingerprint density at radius 1 is 1.18 bits per heavy atom. The minimum Gasteiger partial charge on any atom is -0.480 e. The summed E-state index contributed by atoms with van der Waals surface area (Å²) in [6.45, 7) is 1.86. The van der Waals surface area contributed by atoms with Gasteiger partial charge < -0.3 is 10.4 Å². The van der Waals surface area contributed by atoms with Crippen molar-refractivity contribution in [2.75, 3.05) is 0 Å². The van der Waals surface area contributed by atoms with Gasteiger partial charge in [-0.1, -0.05) is 6.07 Å². The van der Waals surface area contributed by atoms with E-state index in [1.807, 2.05) is 13.0 Å². The molecule has 0 radical (unpaired) electrons. The third-order valence-electron chi connectivity index (χ3n) is 3.16. The van der Waals surface area contributed by atoms with E-state index in [9.17, 15) is 14.7 Å². The summed E-state index contributed by atoms with van der Waals surface area (Å²) in [5.74, 6) is -1.40. The molecule has 0 bridgehead atoms. The number of carboxylic acids is 1. The number of hydrogen-bond acceptors (Lipinski definition) is 4. The van der Waals surface area contributed by atoms with Crippen molar-refractivity contribution in [2.24, 2.45) is 0 Å². The second kappa shape index (κ2) is 7.31. The van der Waals surface area contributed by atoms with Crippen LogP contribution in [0.25, 0.3) is 0 Å². The van der Waals surface area contributed by atoms with Gasteiger partial charge in [0.1, 0.15) is 6.04 Å². The van der Waals surface area contributed by atoms with Crippen molar-refractivity contribution in [3.05, 3.63) is 59.7 Å². The van der Waals surface area contributed by atoms with Crippen molar-refractivity contribution >= 4 is 11.9 Å². The maximum atomic E-state index is 12.0. The van der Waals surface area contributed by atoms with Crippen LogP contribution in [-0.2, 0) is 22.4 Å². The highest BCUT2D eigenvalue weighted by Gasteiger charge is 2.20. The molecule has 2 rings (SSSR count). The number of aliphatic carboxylic acids is 1. The molecule has 2 N–H and O–H groups in total.